The van der Waals surface area contributed by atoms with Crippen molar-refractivity contribution in [1.29, 1.82) is 0 Å². The minimum atomic E-state index is 0. The summed E-state index contributed by atoms with van der Waals surface area (Å²) in [5.74, 6) is 0. The van der Waals surface area contributed by atoms with Crippen LogP contribution in [0.15, 0.2) is 0 Å². The molecule has 0 N–H and O–H groups in total. The molecule has 1 radical (unpaired) electrons. The van der Waals surface area contributed by atoms with E-state index in [9.17, 15) is 0 Å². The normalized spacial score (nSPS) is 0. The predicted octanol–water partition coefficient (Wildman–Crippen LogP) is -0.0100. The van der Waals surface area contributed by atoms with Crippen molar-refractivity contribution < 1.29 is 80.7 Å². The molecular weight excluding hydrogens is 422 g/mol. The van der Waals surface area contributed by atoms with Gasteiger partial charge in [-0.05, 0) is 0 Å². The summed E-state index contributed by atoms with van der Waals surface area (Å²) in [5, 5.41) is 0. The van der Waals surface area contributed by atoms with Gasteiger partial charge in [-0.15, -0.1) is 0 Å². The zero-order valence-corrected chi connectivity index (χ0v) is 7.58. The van der Waals surface area contributed by atoms with Crippen molar-refractivity contribution in [3.63, 3.8) is 0 Å². The first-order valence-corrected chi connectivity index (χ1v) is 0. The molecule has 0 aliphatic rings. The van der Waals surface area contributed by atoms with Crippen LogP contribution in [0.25, 0.3) is 0 Å². The van der Waals surface area contributed by atoms with Crippen LogP contribution >= 0.6 is 0 Å². The Balaban J connectivity index is 0. The number of rotatable bonds is 0. The van der Waals surface area contributed by atoms with Gasteiger partial charge in [0.1, 0.15) is 0 Å². The summed E-state index contributed by atoms with van der Waals surface area (Å²) in [6.07, 6.45) is 0. The molecular formula is Pd3Rh. The van der Waals surface area contributed by atoms with E-state index in [0.717, 1.165) is 0 Å². The van der Waals surface area contributed by atoms with Gasteiger partial charge >= 0.3 is 0 Å². The van der Waals surface area contributed by atoms with E-state index >= 15 is 0 Å². The Morgan fingerprint density at radius 2 is 0.500 bits per heavy atom. The molecule has 0 fully saturated rings. The molecule has 0 aromatic rings. The van der Waals surface area contributed by atoms with Gasteiger partial charge in [0, 0.05) is 80.7 Å². The van der Waals surface area contributed by atoms with Crippen molar-refractivity contribution >= 4 is 0 Å². The van der Waals surface area contributed by atoms with Crippen LogP contribution in [0.2, 0.25) is 0 Å². The molecule has 0 heterocycles. The first-order valence-electron chi connectivity index (χ1n) is 0. The molecule has 0 nitrogen and oxygen atoms in total. The molecule has 0 saturated carbocycles. The Kier molecular flexibility index (Phi) is 134. The second-order valence-corrected chi connectivity index (χ2v) is 0. The van der Waals surface area contributed by atoms with Crippen molar-refractivity contribution in [2.75, 3.05) is 0 Å². The fraction of sp³-hybridized carbons (Fsp3) is 0. The molecule has 0 amide bonds. The molecule has 0 rings (SSSR count). The first-order chi connectivity index (χ1) is 0. The molecule has 0 bridgehead atoms. The van der Waals surface area contributed by atoms with E-state index in [4.69, 9.17) is 0 Å². The van der Waals surface area contributed by atoms with E-state index in [0.29, 0.717) is 0 Å². The molecule has 0 aromatic carbocycles. The van der Waals surface area contributed by atoms with Gasteiger partial charge in [0.15, 0.2) is 0 Å². The van der Waals surface area contributed by atoms with Gasteiger partial charge in [-0.25, -0.2) is 0 Å². The molecule has 4 heteroatoms. The topological polar surface area (TPSA) is 0 Å². The standard InChI is InChI=1S/3Pd.Rh. The van der Waals surface area contributed by atoms with Crippen LogP contribution in [-0.2, 0) is 80.7 Å². The molecule has 0 unspecified atom stereocenters. The van der Waals surface area contributed by atoms with E-state index in [1.54, 1.807) is 0 Å². The van der Waals surface area contributed by atoms with Gasteiger partial charge < -0.3 is 0 Å². The van der Waals surface area contributed by atoms with Gasteiger partial charge in [0.25, 0.3) is 0 Å². The Morgan fingerprint density at radius 3 is 0.500 bits per heavy atom. The molecule has 39 valence electrons. The van der Waals surface area contributed by atoms with Crippen LogP contribution in [-0.4, -0.2) is 0 Å². The van der Waals surface area contributed by atoms with Crippen molar-refractivity contribution in [2.45, 2.75) is 0 Å². The Bertz CT molecular complexity index is 3.25. The van der Waals surface area contributed by atoms with Crippen LogP contribution in [0.3, 0.4) is 0 Å². The molecule has 4 heavy (non-hydrogen) atoms. The number of hydrogen-bond acceptors (Lipinski definition) is 0. The smallest absolute Gasteiger partial charge is 0 e. The summed E-state index contributed by atoms with van der Waals surface area (Å²) in [6, 6.07) is 0. The Hall–Kier alpha value is 2.61. The van der Waals surface area contributed by atoms with Gasteiger partial charge in [0.2, 0.25) is 0 Å². The van der Waals surface area contributed by atoms with Crippen LogP contribution < -0.4 is 0 Å². The second-order valence-electron chi connectivity index (χ2n) is 0. The number of hydrogen-bond donors (Lipinski definition) is 0. The minimum Gasteiger partial charge on any atom is 0 e. The maximum absolute atomic E-state index is 0. The molecule has 0 atom stereocenters. The summed E-state index contributed by atoms with van der Waals surface area (Å²) >= 11 is 0. The van der Waals surface area contributed by atoms with Crippen molar-refractivity contribution in [1.82, 2.24) is 0 Å². The molecule has 0 aromatic heterocycles. The molecule has 0 aliphatic carbocycles. The van der Waals surface area contributed by atoms with Crippen LogP contribution in [0, 0.1) is 0 Å². The SMILES string of the molecule is [Pd].[Pd].[Pd].[Rh]. The zero-order chi connectivity index (χ0) is 0. The maximum atomic E-state index is 0. The molecule has 0 aliphatic heterocycles. The average Bonchev–Trinajstić information content (AvgIpc) is 0. The van der Waals surface area contributed by atoms with Crippen LogP contribution in [0.4, 0.5) is 0 Å². The third kappa shape index (κ3) is 8.82. The Morgan fingerprint density at radius 1 is 0.500 bits per heavy atom. The largest absolute Gasteiger partial charge is 0 e. The minimum absolute atomic E-state index is 0. The van der Waals surface area contributed by atoms with Gasteiger partial charge in [0.05, 0.1) is 0 Å². The monoisotopic (exact) mass is 421 g/mol. The van der Waals surface area contributed by atoms with Crippen LogP contribution in [0.1, 0.15) is 0 Å². The van der Waals surface area contributed by atoms with Gasteiger partial charge in [-0.1, -0.05) is 0 Å². The summed E-state index contributed by atoms with van der Waals surface area (Å²) in [7, 11) is 0. The summed E-state index contributed by atoms with van der Waals surface area (Å²) in [4.78, 5) is 0. The van der Waals surface area contributed by atoms with Crippen molar-refractivity contribution in [3.8, 4) is 0 Å². The Labute approximate surface area is 79.6 Å². The van der Waals surface area contributed by atoms with E-state index in [2.05, 4.69) is 0 Å². The van der Waals surface area contributed by atoms with E-state index in [-0.39, 0.29) is 80.7 Å². The summed E-state index contributed by atoms with van der Waals surface area (Å²) < 4.78 is 0. The van der Waals surface area contributed by atoms with E-state index in [1.807, 2.05) is 0 Å². The summed E-state index contributed by atoms with van der Waals surface area (Å²) in [5.41, 5.74) is 0. The molecule has 0 saturated heterocycles. The fourth-order valence-electron chi connectivity index (χ4n) is 0. The maximum Gasteiger partial charge on any atom is 0 e. The third-order valence-corrected chi connectivity index (χ3v) is 0. The predicted molar refractivity (Wildman–Crippen MR) is 0 cm³/mol. The van der Waals surface area contributed by atoms with E-state index in [1.165, 1.54) is 0 Å². The zero-order valence-electron chi connectivity index (χ0n) is 1.28. The quantitative estimate of drug-likeness (QED) is 0.482. The fourth-order valence-corrected chi connectivity index (χ4v) is 0. The van der Waals surface area contributed by atoms with Crippen LogP contribution in [0.5, 0.6) is 0 Å². The summed E-state index contributed by atoms with van der Waals surface area (Å²) in [6.45, 7) is 0. The molecule has 0 spiro atoms. The third-order valence-electron chi connectivity index (χ3n) is 0. The first kappa shape index (κ1) is 30.5. The van der Waals surface area contributed by atoms with Crippen molar-refractivity contribution in [2.24, 2.45) is 0 Å². The van der Waals surface area contributed by atoms with Gasteiger partial charge in [-0.3, -0.25) is 0 Å². The van der Waals surface area contributed by atoms with E-state index < -0.39 is 0 Å². The van der Waals surface area contributed by atoms with Gasteiger partial charge in [-0.2, -0.15) is 0 Å². The second kappa shape index (κ2) is 17.5. The average molecular weight is 422 g/mol. The van der Waals surface area contributed by atoms with Crippen molar-refractivity contribution in [3.05, 3.63) is 0 Å².